The number of unbranched alkanes of at least 4 members (excludes halogenated alkanes) is 1. The summed E-state index contributed by atoms with van der Waals surface area (Å²) in [5.41, 5.74) is 2.10. The predicted molar refractivity (Wildman–Crippen MR) is 142 cm³/mol. The van der Waals surface area contributed by atoms with Crippen LogP contribution in [0.15, 0.2) is 61.2 Å². The number of hydrogen-bond donors (Lipinski definition) is 3. The van der Waals surface area contributed by atoms with E-state index in [9.17, 15) is 15.0 Å². The second kappa shape index (κ2) is 17.0. The van der Waals surface area contributed by atoms with E-state index >= 15 is 0 Å². The molecule has 2 heterocycles. The lowest BCUT2D eigenvalue weighted by molar-refractivity contribution is -0.131. The number of carboxylic acids is 1. The van der Waals surface area contributed by atoms with Crippen LogP contribution < -0.4 is 0 Å². The maximum Gasteiger partial charge on any atom is 0.327 e. The van der Waals surface area contributed by atoms with E-state index in [1.54, 1.807) is 24.3 Å². The van der Waals surface area contributed by atoms with Crippen molar-refractivity contribution >= 4 is 17.6 Å². The van der Waals surface area contributed by atoms with Gasteiger partial charge in [0.15, 0.2) is 0 Å². The summed E-state index contributed by atoms with van der Waals surface area (Å²) in [6.07, 6.45) is 4.05. The van der Waals surface area contributed by atoms with Gasteiger partial charge in [-0.2, -0.15) is 0 Å². The Hall–Kier alpha value is -2.58. The molecule has 0 amide bonds. The second-order valence-electron chi connectivity index (χ2n) is 8.75. The highest BCUT2D eigenvalue weighted by Crippen LogP contribution is 2.32. The molecule has 0 bridgehead atoms. The number of ether oxygens (including phenoxy) is 3. The van der Waals surface area contributed by atoms with E-state index in [2.05, 4.69) is 27.4 Å². The molecule has 4 rings (SSSR count). The van der Waals surface area contributed by atoms with E-state index in [4.69, 9.17) is 30.9 Å². The number of alkyl halides is 1. The Bertz CT molecular complexity index is 826. The predicted octanol–water partition coefficient (Wildman–Crippen LogP) is 5.51. The van der Waals surface area contributed by atoms with Gasteiger partial charge < -0.3 is 29.5 Å². The van der Waals surface area contributed by atoms with Crippen LogP contribution in [0.2, 0.25) is 0 Å². The topological polar surface area (TPSA) is 112 Å². The van der Waals surface area contributed by atoms with Crippen molar-refractivity contribution in [2.24, 2.45) is 0 Å². The molecule has 0 radical (unpaired) electrons. The average Bonchev–Trinajstić information content (AvgIpc) is 3.78. The Morgan fingerprint density at radius 3 is 1.72 bits per heavy atom. The molecule has 0 saturated carbocycles. The number of aromatic hydroxyl groups is 2. The van der Waals surface area contributed by atoms with Gasteiger partial charge in [-0.25, -0.2) is 4.79 Å². The van der Waals surface area contributed by atoms with Crippen molar-refractivity contribution in [1.82, 2.24) is 0 Å². The molecule has 200 valence electrons. The lowest BCUT2D eigenvalue weighted by Crippen LogP contribution is -2.18. The fourth-order valence-electron chi connectivity index (χ4n) is 2.71. The standard InChI is InChI=1S/C15H16O2.C7H14O2.C3H5ClO.C3H4O2/c1-15(2,11-3-7-13(16)8-4-11)12-5-9-14(17)10-6-12;1-2-3-4-8-5-7-6-9-7;4-1-3-2-5-3;1-2-3(4)5/h3-10,16-17H,1-2H3;7H,2-6H2,1H3;3H,1-2H2;2H,1H2,(H,4,5). The van der Waals surface area contributed by atoms with Crippen molar-refractivity contribution in [3.63, 3.8) is 0 Å². The number of benzene rings is 2. The number of carbonyl (C=O) groups is 1. The zero-order chi connectivity index (χ0) is 27.0. The number of phenols is 2. The molecule has 8 heteroatoms. The summed E-state index contributed by atoms with van der Waals surface area (Å²) in [5, 5.41) is 26.2. The lowest BCUT2D eigenvalue weighted by atomic mass is 9.78. The molecule has 3 N–H and O–H groups in total. The van der Waals surface area contributed by atoms with Crippen molar-refractivity contribution < 1.29 is 34.3 Å². The van der Waals surface area contributed by atoms with Gasteiger partial charge in [0.2, 0.25) is 0 Å². The van der Waals surface area contributed by atoms with Crippen LogP contribution in [-0.2, 0) is 24.4 Å². The van der Waals surface area contributed by atoms with Crippen LogP contribution in [0.25, 0.3) is 0 Å². The van der Waals surface area contributed by atoms with Gasteiger partial charge in [0, 0.05) is 18.1 Å². The van der Waals surface area contributed by atoms with Gasteiger partial charge in [-0.3, -0.25) is 0 Å². The van der Waals surface area contributed by atoms with Crippen LogP contribution in [0.1, 0.15) is 44.7 Å². The first kappa shape index (κ1) is 31.4. The maximum atomic E-state index is 9.30. The SMILES string of the molecule is C=CC(=O)O.CC(C)(c1ccc(O)cc1)c1ccc(O)cc1.CCCCOCC1CO1.ClCC1CO1. The Morgan fingerprint density at radius 2 is 1.44 bits per heavy atom. The highest BCUT2D eigenvalue weighted by Gasteiger charge is 2.23. The highest BCUT2D eigenvalue weighted by molar-refractivity contribution is 6.18. The number of halogens is 1. The van der Waals surface area contributed by atoms with Gasteiger partial charge in [0.1, 0.15) is 17.6 Å². The summed E-state index contributed by atoms with van der Waals surface area (Å²) in [5.74, 6) is 0.232. The molecule has 2 fully saturated rings. The van der Waals surface area contributed by atoms with Crippen LogP contribution in [-0.4, -0.2) is 65.8 Å². The molecule has 2 saturated heterocycles. The summed E-state index contributed by atoms with van der Waals surface area (Å²) in [6.45, 7) is 12.9. The summed E-state index contributed by atoms with van der Waals surface area (Å²) >= 11 is 5.27. The maximum absolute atomic E-state index is 9.30. The highest BCUT2D eigenvalue weighted by atomic mass is 35.5. The molecule has 2 atom stereocenters. The van der Waals surface area contributed by atoms with Crippen LogP contribution in [0.3, 0.4) is 0 Å². The molecule has 0 aliphatic carbocycles. The van der Waals surface area contributed by atoms with E-state index in [1.165, 1.54) is 12.8 Å². The average molecular weight is 523 g/mol. The zero-order valence-corrected chi connectivity index (χ0v) is 22.1. The smallest absolute Gasteiger partial charge is 0.327 e. The third kappa shape index (κ3) is 14.1. The zero-order valence-electron chi connectivity index (χ0n) is 21.4. The third-order valence-corrected chi connectivity index (χ3v) is 5.62. The Morgan fingerprint density at radius 1 is 1.03 bits per heavy atom. The fourth-order valence-corrected chi connectivity index (χ4v) is 2.88. The van der Waals surface area contributed by atoms with Gasteiger partial charge in [-0.05, 0) is 41.8 Å². The van der Waals surface area contributed by atoms with E-state index in [0.29, 0.717) is 18.1 Å². The van der Waals surface area contributed by atoms with Crippen molar-refractivity contribution in [3.8, 4) is 11.5 Å². The van der Waals surface area contributed by atoms with Gasteiger partial charge in [0.05, 0.1) is 31.8 Å². The number of hydrogen-bond acceptors (Lipinski definition) is 6. The molecule has 2 aromatic carbocycles. The lowest BCUT2D eigenvalue weighted by Gasteiger charge is -2.26. The summed E-state index contributed by atoms with van der Waals surface area (Å²) in [4.78, 5) is 9.25. The molecular weight excluding hydrogens is 484 g/mol. The van der Waals surface area contributed by atoms with Crippen molar-refractivity contribution in [2.45, 2.75) is 51.2 Å². The van der Waals surface area contributed by atoms with Gasteiger partial charge in [-0.15, -0.1) is 11.6 Å². The largest absolute Gasteiger partial charge is 0.508 e. The molecular formula is C28H39ClO7. The summed E-state index contributed by atoms with van der Waals surface area (Å²) < 4.78 is 15.0. The quantitative estimate of drug-likeness (QED) is 0.172. The molecule has 7 nitrogen and oxygen atoms in total. The molecule has 2 aromatic rings. The second-order valence-corrected chi connectivity index (χ2v) is 9.06. The van der Waals surface area contributed by atoms with E-state index in [-0.39, 0.29) is 16.9 Å². The van der Waals surface area contributed by atoms with Crippen LogP contribution >= 0.6 is 11.6 Å². The van der Waals surface area contributed by atoms with Gasteiger partial charge in [-0.1, -0.05) is 58.0 Å². The van der Waals surface area contributed by atoms with E-state index in [0.717, 1.165) is 43.6 Å². The summed E-state index contributed by atoms with van der Waals surface area (Å²) in [7, 11) is 0. The minimum Gasteiger partial charge on any atom is -0.508 e. The molecule has 0 aromatic heterocycles. The van der Waals surface area contributed by atoms with E-state index in [1.807, 2.05) is 24.3 Å². The molecule has 2 unspecified atom stereocenters. The number of rotatable bonds is 9. The first-order chi connectivity index (χ1) is 17.1. The first-order valence-electron chi connectivity index (χ1n) is 11.9. The minimum absolute atomic E-state index is 0.151. The van der Waals surface area contributed by atoms with Crippen molar-refractivity contribution in [1.29, 1.82) is 0 Å². The Kier molecular flexibility index (Phi) is 14.8. The van der Waals surface area contributed by atoms with Crippen molar-refractivity contribution in [3.05, 3.63) is 72.3 Å². The van der Waals surface area contributed by atoms with Crippen LogP contribution in [0.4, 0.5) is 0 Å². The third-order valence-electron chi connectivity index (χ3n) is 5.28. The van der Waals surface area contributed by atoms with Crippen molar-refractivity contribution in [2.75, 3.05) is 32.3 Å². The first-order valence-corrected chi connectivity index (χ1v) is 12.5. The van der Waals surface area contributed by atoms with E-state index < -0.39 is 5.97 Å². The fraction of sp³-hybridized carbons (Fsp3) is 0.464. The molecule has 0 spiro atoms. The Labute approximate surface area is 219 Å². The molecule has 2 aliphatic heterocycles. The number of aliphatic carboxylic acids is 1. The normalized spacial score (nSPS) is 17.1. The summed E-state index contributed by atoms with van der Waals surface area (Å²) in [6, 6.07) is 14.4. The van der Waals surface area contributed by atoms with Gasteiger partial charge >= 0.3 is 5.97 Å². The molecule has 2 aliphatic rings. The number of epoxide rings is 2. The number of phenolic OH excluding ortho intramolecular Hbond substituents is 2. The Balaban J connectivity index is 0.000000283. The van der Waals surface area contributed by atoms with Crippen LogP contribution in [0.5, 0.6) is 11.5 Å². The molecule has 36 heavy (non-hydrogen) atoms. The monoisotopic (exact) mass is 522 g/mol. The van der Waals surface area contributed by atoms with Gasteiger partial charge in [0.25, 0.3) is 0 Å². The number of carboxylic acid groups (broad SMARTS) is 1. The van der Waals surface area contributed by atoms with Crippen LogP contribution in [0, 0.1) is 0 Å². The minimum atomic E-state index is -0.981.